The third kappa shape index (κ3) is 6.51. The summed E-state index contributed by atoms with van der Waals surface area (Å²) in [4.78, 5) is 6.98. The number of methoxy groups -OCH3 is 1. The lowest BCUT2D eigenvalue weighted by Crippen LogP contribution is -2.54. The third-order valence-corrected chi connectivity index (χ3v) is 3.69. The molecule has 1 N–H and O–H groups in total. The number of nitrogens with one attached hydrogen (secondary N) is 1. The lowest BCUT2D eigenvalue weighted by molar-refractivity contribution is 0.161. The standard InChI is InChI=1S/C13H28N4OS/c1-12(11-18-4)14-13(19)17-9-7-16(8-10-17)6-5-15(2)3/h12H,5-11H2,1-4H3,(H,14,19). The monoisotopic (exact) mass is 288 g/mol. The van der Waals surface area contributed by atoms with Gasteiger partial charge < -0.3 is 19.9 Å². The summed E-state index contributed by atoms with van der Waals surface area (Å²) >= 11 is 5.44. The van der Waals surface area contributed by atoms with E-state index in [9.17, 15) is 0 Å². The summed E-state index contributed by atoms with van der Waals surface area (Å²) in [6, 6.07) is 0.268. The summed E-state index contributed by atoms with van der Waals surface area (Å²) < 4.78 is 5.11. The first-order valence-corrected chi connectivity index (χ1v) is 7.35. The molecular formula is C13H28N4OS. The quantitative estimate of drug-likeness (QED) is 0.697. The smallest absolute Gasteiger partial charge is 0.169 e. The van der Waals surface area contributed by atoms with Gasteiger partial charge in [0.25, 0.3) is 0 Å². The number of ether oxygens (including phenoxy) is 1. The van der Waals surface area contributed by atoms with Crippen molar-refractivity contribution in [1.29, 1.82) is 0 Å². The first-order valence-electron chi connectivity index (χ1n) is 6.94. The number of rotatable bonds is 6. The van der Waals surface area contributed by atoms with E-state index >= 15 is 0 Å². The lowest BCUT2D eigenvalue weighted by atomic mass is 10.3. The van der Waals surface area contributed by atoms with Crippen molar-refractivity contribution >= 4 is 17.3 Å². The van der Waals surface area contributed by atoms with Crippen molar-refractivity contribution in [3.63, 3.8) is 0 Å². The Hall–Kier alpha value is -0.430. The van der Waals surface area contributed by atoms with Crippen LogP contribution in [0.2, 0.25) is 0 Å². The second kappa shape index (κ2) is 8.68. The first kappa shape index (κ1) is 16.6. The number of piperazine rings is 1. The number of nitrogens with zero attached hydrogens (tertiary/aromatic N) is 3. The highest BCUT2D eigenvalue weighted by Gasteiger charge is 2.19. The Morgan fingerprint density at radius 3 is 2.47 bits per heavy atom. The van der Waals surface area contributed by atoms with E-state index in [1.165, 1.54) is 0 Å². The highest BCUT2D eigenvalue weighted by molar-refractivity contribution is 7.80. The van der Waals surface area contributed by atoms with Crippen LogP contribution in [0.3, 0.4) is 0 Å². The lowest BCUT2D eigenvalue weighted by Gasteiger charge is -2.37. The molecule has 0 aromatic rings. The summed E-state index contributed by atoms with van der Waals surface area (Å²) in [6.07, 6.45) is 0. The normalized spacial score (nSPS) is 18.7. The summed E-state index contributed by atoms with van der Waals surface area (Å²) in [5, 5.41) is 4.18. The first-order chi connectivity index (χ1) is 9.02. The van der Waals surface area contributed by atoms with Gasteiger partial charge in [-0.2, -0.15) is 0 Å². The minimum absolute atomic E-state index is 0.268. The van der Waals surface area contributed by atoms with Crippen LogP contribution in [-0.2, 0) is 4.74 Å². The predicted molar refractivity (Wildman–Crippen MR) is 83.6 cm³/mol. The van der Waals surface area contributed by atoms with E-state index in [4.69, 9.17) is 17.0 Å². The molecule has 1 rings (SSSR count). The summed E-state index contributed by atoms with van der Waals surface area (Å²) in [7, 11) is 5.95. The van der Waals surface area contributed by atoms with E-state index in [-0.39, 0.29) is 6.04 Å². The molecule has 1 aliphatic heterocycles. The van der Waals surface area contributed by atoms with Crippen LogP contribution in [0.4, 0.5) is 0 Å². The van der Waals surface area contributed by atoms with Crippen molar-refractivity contribution in [3.05, 3.63) is 0 Å². The molecule has 5 nitrogen and oxygen atoms in total. The average molecular weight is 288 g/mol. The van der Waals surface area contributed by atoms with E-state index in [0.717, 1.165) is 44.4 Å². The van der Waals surface area contributed by atoms with Crippen LogP contribution in [-0.4, -0.2) is 92.9 Å². The van der Waals surface area contributed by atoms with Crippen LogP contribution in [0, 0.1) is 0 Å². The molecule has 0 saturated carbocycles. The fourth-order valence-electron chi connectivity index (χ4n) is 2.11. The number of hydrogen-bond acceptors (Lipinski definition) is 4. The number of hydrogen-bond donors (Lipinski definition) is 1. The molecule has 1 fully saturated rings. The molecule has 6 heteroatoms. The Labute approximate surface area is 122 Å². The molecule has 112 valence electrons. The zero-order valence-corrected chi connectivity index (χ0v) is 13.5. The molecule has 0 amide bonds. The molecule has 1 atom stereocenters. The van der Waals surface area contributed by atoms with Crippen LogP contribution in [0.15, 0.2) is 0 Å². The van der Waals surface area contributed by atoms with Gasteiger partial charge in [-0.25, -0.2) is 0 Å². The van der Waals surface area contributed by atoms with Gasteiger partial charge in [0.05, 0.1) is 6.61 Å². The van der Waals surface area contributed by atoms with Gasteiger partial charge in [0.1, 0.15) is 0 Å². The zero-order chi connectivity index (χ0) is 14.3. The van der Waals surface area contributed by atoms with Gasteiger partial charge in [-0.3, -0.25) is 4.90 Å². The van der Waals surface area contributed by atoms with Gasteiger partial charge in [-0.05, 0) is 33.2 Å². The van der Waals surface area contributed by atoms with E-state index in [2.05, 4.69) is 41.0 Å². The van der Waals surface area contributed by atoms with Crippen molar-refractivity contribution in [3.8, 4) is 0 Å². The molecule has 0 aromatic carbocycles. The topological polar surface area (TPSA) is 31.0 Å². The van der Waals surface area contributed by atoms with Crippen molar-refractivity contribution < 1.29 is 4.74 Å². The molecule has 1 unspecified atom stereocenters. The minimum atomic E-state index is 0.268. The highest BCUT2D eigenvalue weighted by atomic mass is 32.1. The van der Waals surface area contributed by atoms with E-state index in [0.29, 0.717) is 6.61 Å². The molecule has 1 aliphatic rings. The van der Waals surface area contributed by atoms with E-state index in [1.54, 1.807) is 7.11 Å². The van der Waals surface area contributed by atoms with Crippen LogP contribution in [0.5, 0.6) is 0 Å². The van der Waals surface area contributed by atoms with Gasteiger partial charge >= 0.3 is 0 Å². The fraction of sp³-hybridized carbons (Fsp3) is 0.923. The maximum Gasteiger partial charge on any atom is 0.169 e. The van der Waals surface area contributed by atoms with Crippen LogP contribution >= 0.6 is 12.2 Å². The number of thiocarbonyl (C=S) groups is 1. The Kier molecular flexibility index (Phi) is 7.60. The van der Waals surface area contributed by atoms with Crippen molar-refractivity contribution in [2.45, 2.75) is 13.0 Å². The Morgan fingerprint density at radius 2 is 1.95 bits per heavy atom. The summed E-state index contributed by atoms with van der Waals surface area (Å²) in [5.74, 6) is 0. The molecule has 0 aromatic heterocycles. The molecule has 0 aliphatic carbocycles. The van der Waals surface area contributed by atoms with Crippen molar-refractivity contribution in [2.24, 2.45) is 0 Å². The average Bonchev–Trinajstić information content (AvgIpc) is 2.37. The molecule has 0 bridgehead atoms. The van der Waals surface area contributed by atoms with Gasteiger partial charge in [0, 0.05) is 52.4 Å². The largest absolute Gasteiger partial charge is 0.383 e. The second-order valence-corrected chi connectivity index (χ2v) is 5.82. The maximum absolute atomic E-state index is 5.44. The van der Waals surface area contributed by atoms with Gasteiger partial charge in [0.15, 0.2) is 5.11 Å². The van der Waals surface area contributed by atoms with Gasteiger partial charge in [-0.15, -0.1) is 0 Å². The van der Waals surface area contributed by atoms with Crippen LogP contribution < -0.4 is 5.32 Å². The third-order valence-electron chi connectivity index (χ3n) is 3.31. The minimum Gasteiger partial charge on any atom is -0.383 e. The van der Waals surface area contributed by atoms with Crippen LogP contribution in [0.1, 0.15) is 6.92 Å². The molecule has 19 heavy (non-hydrogen) atoms. The fourth-order valence-corrected chi connectivity index (χ4v) is 2.49. The Balaban J connectivity index is 2.23. The summed E-state index contributed by atoms with van der Waals surface area (Å²) in [6.45, 7) is 9.24. The second-order valence-electron chi connectivity index (χ2n) is 5.44. The SMILES string of the molecule is COCC(C)NC(=S)N1CCN(CCN(C)C)CC1. The predicted octanol–water partition coefficient (Wildman–Crippen LogP) is 0.0750. The van der Waals surface area contributed by atoms with E-state index < -0.39 is 0 Å². The summed E-state index contributed by atoms with van der Waals surface area (Å²) in [5.41, 5.74) is 0. The van der Waals surface area contributed by atoms with Gasteiger partial charge in [0.2, 0.25) is 0 Å². The number of likely N-dealkylation sites (N-methyl/N-ethyl adjacent to an activating group) is 1. The Bertz CT molecular complexity index is 267. The van der Waals surface area contributed by atoms with Crippen LogP contribution in [0.25, 0.3) is 0 Å². The van der Waals surface area contributed by atoms with Crippen molar-refractivity contribution in [2.75, 3.05) is 67.1 Å². The molecular weight excluding hydrogens is 260 g/mol. The van der Waals surface area contributed by atoms with Crippen molar-refractivity contribution in [1.82, 2.24) is 20.0 Å². The molecule has 1 saturated heterocycles. The Morgan fingerprint density at radius 1 is 1.32 bits per heavy atom. The highest BCUT2D eigenvalue weighted by Crippen LogP contribution is 2.02. The molecule has 0 spiro atoms. The van der Waals surface area contributed by atoms with Gasteiger partial charge in [-0.1, -0.05) is 0 Å². The maximum atomic E-state index is 5.44. The van der Waals surface area contributed by atoms with E-state index in [1.807, 2.05) is 0 Å². The zero-order valence-electron chi connectivity index (χ0n) is 12.7. The molecule has 0 radical (unpaired) electrons. The molecule has 1 heterocycles.